The fourth-order valence-electron chi connectivity index (χ4n) is 1.93. The van der Waals surface area contributed by atoms with Crippen LogP contribution < -0.4 is 17.7 Å². The molecule has 0 amide bonds. The minimum absolute atomic E-state index is 0. The van der Waals surface area contributed by atoms with Crippen LogP contribution in [0.1, 0.15) is 11.1 Å². The van der Waals surface area contributed by atoms with Gasteiger partial charge < -0.3 is 27.6 Å². The maximum Gasteiger partial charge on any atom is 0.0897 e. The van der Waals surface area contributed by atoms with E-state index < -0.39 is 6.10 Å². The molecule has 2 aromatic carbocycles. The van der Waals surface area contributed by atoms with Gasteiger partial charge >= 0.3 is 0 Å². The summed E-state index contributed by atoms with van der Waals surface area (Å²) < 4.78 is 5.49. The number of ether oxygens (including phenoxy) is 1. The standard InChI is InChI=1S/C17H20ClNO2.ClH/c18-16-8-6-15(7-9-16)12-21-13-17(20)11-19-10-14-4-2-1-3-5-14;/h1-9,17,19-20H,10-13H2;1H/p-1. The summed E-state index contributed by atoms with van der Waals surface area (Å²) >= 11 is 5.81. The zero-order chi connectivity index (χ0) is 14.9. The van der Waals surface area contributed by atoms with Crippen molar-refractivity contribution in [1.82, 2.24) is 5.32 Å². The van der Waals surface area contributed by atoms with Crippen LogP contribution in [0.15, 0.2) is 54.6 Å². The lowest BCUT2D eigenvalue weighted by Crippen LogP contribution is -3.00. The molecule has 0 bridgehead atoms. The molecule has 0 aromatic heterocycles. The lowest BCUT2D eigenvalue weighted by Gasteiger charge is -2.12. The molecule has 2 aromatic rings. The third-order valence-electron chi connectivity index (χ3n) is 3.04. The first-order valence-electron chi connectivity index (χ1n) is 6.99. The normalized spacial score (nSPS) is 11.7. The van der Waals surface area contributed by atoms with Crippen LogP contribution in [-0.4, -0.2) is 24.4 Å². The lowest BCUT2D eigenvalue weighted by atomic mass is 10.2. The largest absolute Gasteiger partial charge is 1.00 e. The Morgan fingerprint density at radius 1 is 1.00 bits per heavy atom. The fraction of sp³-hybridized carbons (Fsp3) is 0.294. The van der Waals surface area contributed by atoms with Crippen molar-refractivity contribution in [3.05, 3.63) is 70.7 Å². The third-order valence-corrected chi connectivity index (χ3v) is 3.30. The second kappa shape index (κ2) is 10.6. The van der Waals surface area contributed by atoms with Gasteiger partial charge in [0.15, 0.2) is 0 Å². The van der Waals surface area contributed by atoms with Gasteiger partial charge in [-0.1, -0.05) is 54.1 Å². The molecule has 0 aliphatic heterocycles. The Morgan fingerprint density at radius 2 is 1.68 bits per heavy atom. The number of hydrogen-bond donors (Lipinski definition) is 2. The quantitative estimate of drug-likeness (QED) is 0.711. The molecule has 22 heavy (non-hydrogen) atoms. The van der Waals surface area contributed by atoms with Crippen LogP contribution in [0.4, 0.5) is 0 Å². The zero-order valence-electron chi connectivity index (χ0n) is 12.2. The van der Waals surface area contributed by atoms with Crippen molar-refractivity contribution in [1.29, 1.82) is 0 Å². The van der Waals surface area contributed by atoms with Crippen molar-refractivity contribution in [2.45, 2.75) is 19.3 Å². The molecule has 2 rings (SSSR count). The lowest BCUT2D eigenvalue weighted by molar-refractivity contribution is -0.00000666. The Labute approximate surface area is 142 Å². The number of halogens is 2. The monoisotopic (exact) mass is 340 g/mol. The van der Waals surface area contributed by atoms with E-state index in [0.29, 0.717) is 24.8 Å². The second-order valence-corrected chi connectivity index (χ2v) is 5.35. The summed E-state index contributed by atoms with van der Waals surface area (Å²) in [5, 5.41) is 13.8. The molecule has 0 heterocycles. The molecule has 2 N–H and O–H groups in total. The van der Waals surface area contributed by atoms with Crippen molar-refractivity contribution in [3.63, 3.8) is 0 Å². The minimum Gasteiger partial charge on any atom is -1.00 e. The molecule has 0 saturated heterocycles. The van der Waals surface area contributed by atoms with Crippen LogP contribution in [0.25, 0.3) is 0 Å². The Morgan fingerprint density at radius 3 is 2.36 bits per heavy atom. The molecule has 0 fully saturated rings. The van der Waals surface area contributed by atoms with Gasteiger partial charge in [-0.3, -0.25) is 0 Å². The average Bonchev–Trinajstić information content (AvgIpc) is 2.50. The van der Waals surface area contributed by atoms with Crippen molar-refractivity contribution in [3.8, 4) is 0 Å². The highest BCUT2D eigenvalue weighted by Crippen LogP contribution is 2.10. The van der Waals surface area contributed by atoms with Gasteiger partial charge in [-0.2, -0.15) is 0 Å². The van der Waals surface area contributed by atoms with Gasteiger partial charge in [0.1, 0.15) is 0 Å². The third kappa shape index (κ3) is 7.25. The van der Waals surface area contributed by atoms with Crippen LogP contribution in [-0.2, 0) is 17.9 Å². The van der Waals surface area contributed by atoms with E-state index in [0.717, 1.165) is 12.1 Å². The first-order chi connectivity index (χ1) is 10.2. The van der Waals surface area contributed by atoms with Gasteiger partial charge in [0.2, 0.25) is 0 Å². The molecule has 0 radical (unpaired) electrons. The molecule has 1 atom stereocenters. The number of rotatable bonds is 8. The van der Waals surface area contributed by atoms with Gasteiger partial charge in [-0.15, -0.1) is 0 Å². The molecular weight excluding hydrogens is 321 g/mol. The SMILES string of the molecule is OC(CNCc1ccccc1)COCc1ccc(Cl)cc1.[Cl-]. The number of benzene rings is 2. The maximum atomic E-state index is 9.84. The van der Waals surface area contributed by atoms with Gasteiger partial charge in [-0.25, -0.2) is 0 Å². The van der Waals surface area contributed by atoms with E-state index in [1.807, 2.05) is 42.5 Å². The molecule has 5 heteroatoms. The highest BCUT2D eigenvalue weighted by Gasteiger charge is 2.04. The number of aliphatic hydroxyl groups is 1. The van der Waals surface area contributed by atoms with Crippen LogP contribution in [0.5, 0.6) is 0 Å². The summed E-state index contributed by atoms with van der Waals surface area (Å²) in [7, 11) is 0. The topological polar surface area (TPSA) is 41.5 Å². The van der Waals surface area contributed by atoms with Crippen LogP contribution in [0.2, 0.25) is 5.02 Å². The van der Waals surface area contributed by atoms with E-state index in [9.17, 15) is 5.11 Å². The Balaban J connectivity index is 0.00000242. The maximum absolute atomic E-state index is 9.84. The van der Waals surface area contributed by atoms with Crippen LogP contribution in [0, 0.1) is 0 Å². The van der Waals surface area contributed by atoms with Crippen molar-refractivity contribution >= 4 is 11.6 Å². The first kappa shape index (κ1) is 18.9. The van der Waals surface area contributed by atoms with Crippen LogP contribution >= 0.6 is 11.6 Å². The predicted molar refractivity (Wildman–Crippen MR) is 85.3 cm³/mol. The molecule has 3 nitrogen and oxygen atoms in total. The molecular formula is C17H20Cl2NO2-. The van der Waals surface area contributed by atoms with E-state index in [1.165, 1.54) is 5.56 Å². The zero-order valence-corrected chi connectivity index (χ0v) is 13.7. The Bertz CT molecular complexity index is 520. The first-order valence-corrected chi connectivity index (χ1v) is 7.37. The number of nitrogens with one attached hydrogen (secondary N) is 1. The van der Waals surface area contributed by atoms with E-state index in [1.54, 1.807) is 0 Å². The van der Waals surface area contributed by atoms with E-state index in [-0.39, 0.29) is 12.4 Å². The molecule has 120 valence electrons. The van der Waals surface area contributed by atoms with Crippen molar-refractivity contribution in [2.75, 3.05) is 13.2 Å². The molecule has 0 aliphatic rings. The van der Waals surface area contributed by atoms with Gasteiger partial charge in [-0.05, 0) is 23.3 Å². The van der Waals surface area contributed by atoms with E-state index in [2.05, 4.69) is 17.4 Å². The number of hydrogen-bond acceptors (Lipinski definition) is 3. The minimum atomic E-state index is -0.513. The Kier molecular flexibility index (Phi) is 9.13. The molecule has 1 unspecified atom stereocenters. The van der Waals surface area contributed by atoms with Crippen LogP contribution in [0.3, 0.4) is 0 Å². The van der Waals surface area contributed by atoms with Crippen molar-refractivity contribution < 1.29 is 22.3 Å². The Hall–Kier alpha value is -1.10. The summed E-state index contributed by atoms with van der Waals surface area (Å²) in [6.45, 7) is 2.04. The van der Waals surface area contributed by atoms with Crippen molar-refractivity contribution in [2.24, 2.45) is 0 Å². The van der Waals surface area contributed by atoms with Gasteiger partial charge in [0.25, 0.3) is 0 Å². The fourth-order valence-corrected chi connectivity index (χ4v) is 2.06. The summed E-state index contributed by atoms with van der Waals surface area (Å²) in [6, 6.07) is 17.6. The molecule has 0 saturated carbocycles. The summed E-state index contributed by atoms with van der Waals surface area (Å²) in [6.07, 6.45) is -0.513. The summed E-state index contributed by atoms with van der Waals surface area (Å²) in [5.74, 6) is 0. The molecule has 0 aliphatic carbocycles. The average molecular weight is 341 g/mol. The second-order valence-electron chi connectivity index (χ2n) is 4.91. The van der Waals surface area contributed by atoms with Gasteiger partial charge in [0.05, 0.1) is 19.3 Å². The highest BCUT2D eigenvalue weighted by molar-refractivity contribution is 6.30. The molecule has 0 spiro atoms. The van der Waals surface area contributed by atoms with E-state index in [4.69, 9.17) is 16.3 Å². The predicted octanol–water partition coefficient (Wildman–Crippen LogP) is 0.0113. The summed E-state index contributed by atoms with van der Waals surface area (Å²) in [5.41, 5.74) is 2.25. The van der Waals surface area contributed by atoms with E-state index >= 15 is 0 Å². The number of aliphatic hydroxyl groups excluding tert-OH is 1. The van der Waals surface area contributed by atoms with Gasteiger partial charge in [0, 0.05) is 18.1 Å². The smallest absolute Gasteiger partial charge is 0.0897 e. The highest BCUT2D eigenvalue weighted by atomic mass is 35.5. The summed E-state index contributed by atoms with van der Waals surface area (Å²) in [4.78, 5) is 0.